The number of hydrogen-bond acceptors (Lipinski definition) is 3. The molecule has 2 rings (SSSR count). The molecule has 1 heterocycles. The van der Waals surface area contributed by atoms with E-state index < -0.39 is 0 Å². The van der Waals surface area contributed by atoms with Crippen molar-refractivity contribution in [3.05, 3.63) is 0 Å². The van der Waals surface area contributed by atoms with Crippen molar-refractivity contribution in [1.29, 1.82) is 0 Å². The van der Waals surface area contributed by atoms with E-state index in [0.717, 1.165) is 50.9 Å². The van der Waals surface area contributed by atoms with Gasteiger partial charge in [0.1, 0.15) is 0 Å². The van der Waals surface area contributed by atoms with E-state index in [1.54, 1.807) is 0 Å². The number of amides is 1. The molecule has 4 N–H and O–H groups in total. The second-order valence-electron chi connectivity index (χ2n) is 7.57. The van der Waals surface area contributed by atoms with Crippen LogP contribution in [0.5, 0.6) is 0 Å². The van der Waals surface area contributed by atoms with Crippen LogP contribution < -0.4 is 16.4 Å². The van der Waals surface area contributed by atoms with E-state index in [4.69, 9.17) is 10.7 Å². The number of piperidine rings is 1. The third-order valence-electron chi connectivity index (χ3n) is 5.42. The van der Waals surface area contributed by atoms with E-state index in [2.05, 4.69) is 22.5 Å². The van der Waals surface area contributed by atoms with E-state index in [0.29, 0.717) is 12.6 Å². The Balaban J connectivity index is 0.00000338. The molecule has 0 aromatic rings. The summed E-state index contributed by atoms with van der Waals surface area (Å²) in [6, 6.07) is 0.431. The number of nitrogens with zero attached hydrogens (tertiary/aromatic N) is 2. The van der Waals surface area contributed by atoms with Crippen molar-refractivity contribution in [3.8, 4) is 0 Å². The molecule has 7 heteroatoms. The molecule has 1 saturated heterocycles. The number of hydrogen-bond donors (Lipinski definition) is 3. The fraction of sp³-hybridized carbons (Fsp3) is 0.895. The zero-order valence-corrected chi connectivity index (χ0v) is 18.7. The number of nitrogens with two attached hydrogens (primary N) is 1. The lowest BCUT2D eigenvalue weighted by Gasteiger charge is -2.32. The van der Waals surface area contributed by atoms with Gasteiger partial charge in [-0.25, -0.2) is 0 Å². The SMILES string of the molecule is CCNC(=NCCCCC1CCCC1)NC1CCN(CC(N)=O)CC1.I. The Morgan fingerprint density at radius 1 is 1.15 bits per heavy atom. The predicted molar refractivity (Wildman–Crippen MR) is 119 cm³/mol. The van der Waals surface area contributed by atoms with Crippen molar-refractivity contribution in [1.82, 2.24) is 15.5 Å². The maximum absolute atomic E-state index is 11.0. The Bertz CT molecular complexity index is 418. The van der Waals surface area contributed by atoms with E-state index in [1.807, 2.05) is 0 Å². The van der Waals surface area contributed by atoms with Gasteiger partial charge in [0.25, 0.3) is 0 Å². The number of likely N-dealkylation sites (tertiary alicyclic amines) is 1. The van der Waals surface area contributed by atoms with Gasteiger partial charge in [0, 0.05) is 32.2 Å². The molecule has 0 unspecified atom stereocenters. The number of guanidine groups is 1. The van der Waals surface area contributed by atoms with Crippen LogP contribution in [0, 0.1) is 5.92 Å². The first-order valence-corrected chi connectivity index (χ1v) is 10.2. The zero-order chi connectivity index (χ0) is 17.9. The summed E-state index contributed by atoms with van der Waals surface area (Å²) in [4.78, 5) is 17.9. The van der Waals surface area contributed by atoms with Crippen LogP contribution in [0.3, 0.4) is 0 Å². The van der Waals surface area contributed by atoms with Gasteiger partial charge in [-0.1, -0.05) is 38.5 Å². The van der Waals surface area contributed by atoms with E-state index in [-0.39, 0.29) is 29.9 Å². The van der Waals surface area contributed by atoms with Crippen molar-refractivity contribution in [2.24, 2.45) is 16.6 Å². The first-order chi connectivity index (χ1) is 12.2. The van der Waals surface area contributed by atoms with Gasteiger partial charge in [0.2, 0.25) is 5.91 Å². The monoisotopic (exact) mass is 479 g/mol. The topological polar surface area (TPSA) is 82.8 Å². The Morgan fingerprint density at radius 2 is 1.85 bits per heavy atom. The zero-order valence-electron chi connectivity index (χ0n) is 16.3. The maximum atomic E-state index is 11.0. The second-order valence-corrected chi connectivity index (χ2v) is 7.57. The number of carbonyl (C=O) groups excluding carboxylic acids is 1. The molecule has 1 amide bonds. The van der Waals surface area contributed by atoms with Gasteiger partial charge in [-0.3, -0.25) is 14.7 Å². The molecule has 2 fully saturated rings. The van der Waals surface area contributed by atoms with E-state index in [9.17, 15) is 4.79 Å². The van der Waals surface area contributed by atoms with Crippen molar-refractivity contribution in [2.45, 2.75) is 70.8 Å². The van der Waals surface area contributed by atoms with Gasteiger partial charge in [-0.2, -0.15) is 0 Å². The lowest BCUT2D eigenvalue weighted by Crippen LogP contribution is -2.49. The number of aliphatic imine (C=N–C) groups is 1. The van der Waals surface area contributed by atoms with Crippen molar-refractivity contribution in [3.63, 3.8) is 0 Å². The summed E-state index contributed by atoms with van der Waals surface area (Å²) >= 11 is 0. The molecule has 0 aromatic carbocycles. The van der Waals surface area contributed by atoms with Crippen LogP contribution in [0.4, 0.5) is 0 Å². The predicted octanol–water partition coefficient (Wildman–Crippen LogP) is 2.47. The van der Waals surface area contributed by atoms with Gasteiger partial charge in [0.15, 0.2) is 5.96 Å². The molecule has 2 aliphatic rings. The Kier molecular flexibility index (Phi) is 12.3. The molecule has 0 radical (unpaired) electrons. The molecule has 26 heavy (non-hydrogen) atoms. The average Bonchev–Trinajstić information content (AvgIpc) is 3.09. The van der Waals surface area contributed by atoms with E-state index >= 15 is 0 Å². The second kappa shape index (κ2) is 13.6. The molecule has 152 valence electrons. The molecule has 1 aliphatic carbocycles. The standard InChI is InChI=1S/C19H37N5O.HI/c1-2-21-19(22-12-6-5-9-16-7-3-4-8-16)23-17-10-13-24(14-11-17)15-18(20)25;/h16-17H,2-15H2,1H3,(H2,20,25)(H2,21,22,23);1H. The van der Waals surface area contributed by atoms with Gasteiger partial charge >= 0.3 is 0 Å². The lowest BCUT2D eigenvalue weighted by molar-refractivity contribution is -0.119. The molecule has 6 nitrogen and oxygen atoms in total. The largest absolute Gasteiger partial charge is 0.369 e. The summed E-state index contributed by atoms with van der Waals surface area (Å²) in [5.41, 5.74) is 5.27. The van der Waals surface area contributed by atoms with Crippen molar-refractivity contribution >= 4 is 35.8 Å². The summed E-state index contributed by atoms with van der Waals surface area (Å²) in [5.74, 6) is 1.69. The minimum atomic E-state index is -0.237. The van der Waals surface area contributed by atoms with Crippen LogP contribution in [0.2, 0.25) is 0 Å². The third-order valence-corrected chi connectivity index (χ3v) is 5.42. The average molecular weight is 479 g/mol. The first kappa shape index (κ1) is 23.5. The van der Waals surface area contributed by atoms with E-state index in [1.165, 1.54) is 44.9 Å². The molecule has 0 aromatic heterocycles. The minimum Gasteiger partial charge on any atom is -0.369 e. The normalized spacial score (nSPS) is 20.0. The Labute approximate surface area is 176 Å². The first-order valence-electron chi connectivity index (χ1n) is 10.2. The number of unbranched alkanes of at least 4 members (excludes halogenated alkanes) is 1. The summed E-state index contributed by atoms with van der Waals surface area (Å²) in [5, 5.41) is 6.92. The maximum Gasteiger partial charge on any atom is 0.231 e. The van der Waals surface area contributed by atoms with Gasteiger partial charge in [-0.05, 0) is 32.1 Å². The highest BCUT2D eigenvalue weighted by molar-refractivity contribution is 14.0. The number of rotatable bonds is 9. The quantitative estimate of drug-likeness (QED) is 0.205. The minimum absolute atomic E-state index is 0. The number of carbonyl (C=O) groups is 1. The smallest absolute Gasteiger partial charge is 0.231 e. The molecule has 0 atom stereocenters. The molecular weight excluding hydrogens is 441 g/mol. The third kappa shape index (κ3) is 9.39. The van der Waals surface area contributed by atoms with Gasteiger partial charge in [-0.15, -0.1) is 24.0 Å². The van der Waals surface area contributed by atoms with Crippen LogP contribution >= 0.6 is 24.0 Å². The lowest BCUT2D eigenvalue weighted by atomic mass is 10.0. The molecule has 0 bridgehead atoms. The molecule has 1 aliphatic heterocycles. The van der Waals surface area contributed by atoms with Crippen molar-refractivity contribution < 1.29 is 4.79 Å². The van der Waals surface area contributed by atoms with Crippen LogP contribution in [0.1, 0.15) is 64.7 Å². The highest BCUT2D eigenvalue weighted by atomic mass is 127. The summed E-state index contributed by atoms with van der Waals surface area (Å²) in [6.07, 6.45) is 11.7. The highest BCUT2D eigenvalue weighted by Crippen LogP contribution is 2.28. The van der Waals surface area contributed by atoms with Gasteiger partial charge < -0.3 is 16.4 Å². The fourth-order valence-corrected chi connectivity index (χ4v) is 4.00. The summed E-state index contributed by atoms with van der Waals surface area (Å²) < 4.78 is 0. The van der Waals surface area contributed by atoms with Crippen LogP contribution in [0.25, 0.3) is 0 Å². The van der Waals surface area contributed by atoms with Crippen molar-refractivity contribution in [2.75, 3.05) is 32.7 Å². The Morgan fingerprint density at radius 3 is 2.46 bits per heavy atom. The van der Waals surface area contributed by atoms with Crippen LogP contribution in [-0.2, 0) is 4.79 Å². The molecule has 0 spiro atoms. The summed E-state index contributed by atoms with van der Waals surface area (Å²) in [7, 11) is 0. The number of halogens is 1. The van der Waals surface area contributed by atoms with Gasteiger partial charge in [0.05, 0.1) is 6.54 Å². The van der Waals surface area contributed by atoms with Crippen LogP contribution in [-0.4, -0.2) is 55.5 Å². The number of nitrogens with one attached hydrogen (secondary N) is 2. The molecular formula is C19H38IN5O. The fourth-order valence-electron chi connectivity index (χ4n) is 4.00. The Hall–Kier alpha value is -0.570. The molecule has 1 saturated carbocycles. The van der Waals surface area contributed by atoms with Crippen LogP contribution in [0.15, 0.2) is 4.99 Å². The highest BCUT2D eigenvalue weighted by Gasteiger charge is 2.20. The number of primary amides is 1. The summed E-state index contributed by atoms with van der Waals surface area (Å²) in [6.45, 7) is 6.11.